The number of methoxy groups -OCH3 is 3. The molecule has 6 nitrogen and oxygen atoms in total. The van der Waals surface area contributed by atoms with Crippen molar-refractivity contribution in [1.82, 2.24) is 0 Å². The Morgan fingerprint density at radius 3 is 2.27 bits per heavy atom. The van der Waals surface area contributed by atoms with Crippen LogP contribution in [0, 0.1) is 0 Å². The summed E-state index contributed by atoms with van der Waals surface area (Å²) >= 11 is 0. The second kappa shape index (κ2) is 6.71. The minimum atomic E-state index is -0.484. The topological polar surface area (TPSA) is 77.0 Å². The maximum absolute atomic E-state index is 12.3. The second-order valence-corrected chi connectivity index (χ2v) is 4.38. The molecule has 2 rings (SSSR count). The Labute approximate surface area is 128 Å². The number of amides is 1. The molecule has 0 radical (unpaired) electrons. The smallest absolute Gasteiger partial charge is 0.263 e. The van der Waals surface area contributed by atoms with Crippen LogP contribution in [0.4, 0.5) is 5.69 Å². The molecule has 116 valence electrons. The van der Waals surface area contributed by atoms with E-state index in [1.54, 1.807) is 30.3 Å². The van der Waals surface area contributed by atoms with Crippen molar-refractivity contribution in [3.63, 3.8) is 0 Å². The summed E-state index contributed by atoms with van der Waals surface area (Å²) in [5.41, 5.74) is 0.577. The van der Waals surface area contributed by atoms with Gasteiger partial charge in [-0.1, -0.05) is 6.07 Å². The van der Waals surface area contributed by atoms with Crippen molar-refractivity contribution in [2.75, 3.05) is 26.6 Å². The first-order valence-corrected chi connectivity index (χ1v) is 6.50. The third-order valence-electron chi connectivity index (χ3n) is 3.09. The van der Waals surface area contributed by atoms with Crippen molar-refractivity contribution in [3.05, 3.63) is 42.0 Å². The number of hydrogen-bond acceptors (Lipinski definition) is 5. The van der Waals surface area contributed by atoms with E-state index in [2.05, 4.69) is 5.32 Å². The Morgan fingerprint density at radius 1 is 0.955 bits per heavy atom. The number of phenolic OH excluding ortho intramolecular Hbond substituents is 1. The Morgan fingerprint density at radius 2 is 1.64 bits per heavy atom. The van der Waals surface area contributed by atoms with E-state index >= 15 is 0 Å². The molecule has 2 N–H and O–H groups in total. The first kappa shape index (κ1) is 15.5. The zero-order valence-corrected chi connectivity index (χ0v) is 12.5. The molecule has 0 fully saturated rings. The fourth-order valence-corrected chi connectivity index (χ4v) is 2.03. The van der Waals surface area contributed by atoms with Gasteiger partial charge in [-0.05, 0) is 24.3 Å². The van der Waals surface area contributed by atoms with Crippen molar-refractivity contribution in [2.45, 2.75) is 0 Å². The Balaban J connectivity index is 2.30. The van der Waals surface area contributed by atoms with Gasteiger partial charge in [-0.25, -0.2) is 0 Å². The summed E-state index contributed by atoms with van der Waals surface area (Å²) in [6.07, 6.45) is 0. The van der Waals surface area contributed by atoms with Gasteiger partial charge in [0.15, 0.2) is 11.5 Å². The SMILES string of the molecule is COc1ccc(NC(=O)c2c(O)cccc2OC)cc1OC. The molecule has 0 aromatic heterocycles. The van der Waals surface area contributed by atoms with Crippen LogP contribution in [0.3, 0.4) is 0 Å². The molecule has 0 aliphatic rings. The number of benzene rings is 2. The molecule has 0 heterocycles. The van der Waals surface area contributed by atoms with E-state index in [9.17, 15) is 9.90 Å². The minimum Gasteiger partial charge on any atom is -0.507 e. The standard InChI is InChI=1S/C16H17NO5/c1-20-12-8-7-10(9-14(12)22-3)17-16(19)15-11(18)5-4-6-13(15)21-2/h4-9,18H,1-3H3,(H,17,19). The number of carbonyl (C=O) groups excluding carboxylic acids is 1. The highest BCUT2D eigenvalue weighted by Gasteiger charge is 2.17. The molecular weight excluding hydrogens is 286 g/mol. The average molecular weight is 303 g/mol. The molecule has 0 unspecified atom stereocenters. The third kappa shape index (κ3) is 3.06. The van der Waals surface area contributed by atoms with Gasteiger partial charge in [-0.3, -0.25) is 4.79 Å². The highest BCUT2D eigenvalue weighted by Crippen LogP contribution is 2.32. The fraction of sp³-hybridized carbons (Fsp3) is 0.188. The van der Waals surface area contributed by atoms with Gasteiger partial charge >= 0.3 is 0 Å². The summed E-state index contributed by atoms with van der Waals surface area (Å²) in [7, 11) is 4.47. The molecule has 0 saturated heterocycles. The van der Waals surface area contributed by atoms with Gasteiger partial charge in [0.05, 0.1) is 21.3 Å². The lowest BCUT2D eigenvalue weighted by atomic mass is 10.1. The molecule has 0 bridgehead atoms. The number of phenols is 1. The lowest BCUT2D eigenvalue weighted by molar-refractivity contribution is 0.102. The maximum atomic E-state index is 12.3. The Bertz CT molecular complexity index is 684. The summed E-state index contributed by atoms with van der Waals surface area (Å²) in [4.78, 5) is 12.3. The molecule has 0 saturated carbocycles. The van der Waals surface area contributed by atoms with E-state index in [0.717, 1.165) is 0 Å². The van der Waals surface area contributed by atoms with Crippen LogP contribution in [0.1, 0.15) is 10.4 Å². The number of ether oxygens (including phenoxy) is 3. The molecule has 0 aliphatic heterocycles. The predicted octanol–water partition coefficient (Wildman–Crippen LogP) is 2.67. The monoisotopic (exact) mass is 303 g/mol. The molecule has 6 heteroatoms. The highest BCUT2D eigenvalue weighted by atomic mass is 16.5. The van der Waals surface area contributed by atoms with E-state index < -0.39 is 5.91 Å². The Hall–Kier alpha value is -2.89. The van der Waals surface area contributed by atoms with Gasteiger partial charge in [0, 0.05) is 11.8 Å². The van der Waals surface area contributed by atoms with Crippen LogP contribution in [0.15, 0.2) is 36.4 Å². The molecule has 2 aromatic carbocycles. The van der Waals surface area contributed by atoms with Crippen LogP contribution < -0.4 is 19.5 Å². The molecule has 2 aromatic rings. The maximum Gasteiger partial charge on any atom is 0.263 e. The highest BCUT2D eigenvalue weighted by molar-refractivity contribution is 6.08. The minimum absolute atomic E-state index is 0.0692. The predicted molar refractivity (Wildman–Crippen MR) is 82.2 cm³/mol. The van der Waals surface area contributed by atoms with Crippen molar-refractivity contribution < 1.29 is 24.1 Å². The molecule has 0 spiro atoms. The van der Waals surface area contributed by atoms with Gasteiger partial charge in [0.2, 0.25) is 0 Å². The fourth-order valence-electron chi connectivity index (χ4n) is 2.03. The summed E-state index contributed by atoms with van der Waals surface area (Å²) < 4.78 is 15.4. The van der Waals surface area contributed by atoms with Crippen molar-refractivity contribution in [2.24, 2.45) is 0 Å². The van der Waals surface area contributed by atoms with Crippen LogP contribution >= 0.6 is 0 Å². The van der Waals surface area contributed by atoms with Crippen LogP contribution in [0.25, 0.3) is 0 Å². The number of hydrogen-bond donors (Lipinski definition) is 2. The summed E-state index contributed by atoms with van der Waals surface area (Å²) in [5.74, 6) is 0.697. The zero-order chi connectivity index (χ0) is 16.1. The van der Waals surface area contributed by atoms with Gasteiger partial charge < -0.3 is 24.6 Å². The molecule has 1 amide bonds. The number of carbonyl (C=O) groups is 1. The van der Waals surface area contributed by atoms with Crippen LogP contribution in [0.2, 0.25) is 0 Å². The average Bonchev–Trinajstić information content (AvgIpc) is 2.54. The van der Waals surface area contributed by atoms with Gasteiger partial charge in [0.1, 0.15) is 17.1 Å². The normalized spacial score (nSPS) is 9.95. The summed E-state index contributed by atoms with van der Waals surface area (Å²) in [5, 5.41) is 12.6. The summed E-state index contributed by atoms with van der Waals surface area (Å²) in [6, 6.07) is 9.60. The van der Waals surface area contributed by atoms with Gasteiger partial charge in [0.25, 0.3) is 5.91 Å². The lowest BCUT2D eigenvalue weighted by Crippen LogP contribution is -2.13. The Kier molecular flexibility index (Phi) is 4.73. The van der Waals surface area contributed by atoms with E-state index in [-0.39, 0.29) is 17.1 Å². The van der Waals surface area contributed by atoms with E-state index in [1.807, 2.05) is 0 Å². The zero-order valence-electron chi connectivity index (χ0n) is 12.5. The van der Waals surface area contributed by atoms with Crippen molar-refractivity contribution in [1.29, 1.82) is 0 Å². The first-order valence-electron chi connectivity index (χ1n) is 6.50. The van der Waals surface area contributed by atoms with Gasteiger partial charge in [-0.2, -0.15) is 0 Å². The van der Waals surface area contributed by atoms with Crippen molar-refractivity contribution in [3.8, 4) is 23.0 Å². The molecular formula is C16H17NO5. The second-order valence-electron chi connectivity index (χ2n) is 4.38. The van der Waals surface area contributed by atoms with Crippen molar-refractivity contribution >= 4 is 11.6 Å². The third-order valence-corrected chi connectivity index (χ3v) is 3.09. The van der Waals surface area contributed by atoms with E-state index in [1.165, 1.54) is 27.4 Å². The van der Waals surface area contributed by atoms with Gasteiger partial charge in [-0.15, -0.1) is 0 Å². The number of anilines is 1. The van der Waals surface area contributed by atoms with Crippen LogP contribution in [0.5, 0.6) is 23.0 Å². The first-order chi connectivity index (χ1) is 10.6. The van der Waals surface area contributed by atoms with Crippen LogP contribution in [-0.4, -0.2) is 32.3 Å². The number of aromatic hydroxyl groups is 1. The number of rotatable bonds is 5. The van der Waals surface area contributed by atoms with E-state index in [4.69, 9.17) is 14.2 Å². The van der Waals surface area contributed by atoms with Crippen LogP contribution in [-0.2, 0) is 0 Å². The molecule has 22 heavy (non-hydrogen) atoms. The van der Waals surface area contributed by atoms with E-state index in [0.29, 0.717) is 17.2 Å². The lowest BCUT2D eigenvalue weighted by Gasteiger charge is -2.12. The molecule has 0 aliphatic carbocycles. The largest absolute Gasteiger partial charge is 0.507 e. The number of nitrogens with one attached hydrogen (secondary N) is 1. The molecule has 0 atom stereocenters. The quantitative estimate of drug-likeness (QED) is 0.888. The summed E-state index contributed by atoms with van der Waals surface area (Å²) in [6.45, 7) is 0.